The van der Waals surface area contributed by atoms with Gasteiger partial charge in [0.05, 0.1) is 5.56 Å². The number of halogens is 3. The van der Waals surface area contributed by atoms with Gasteiger partial charge in [-0.2, -0.15) is 13.2 Å². The van der Waals surface area contributed by atoms with Crippen LogP contribution in [0.1, 0.15) is 36.1 Å². The normalized spacial score (nSPS) is 11.1. The van der Waals surface area contributed by atoms with Crippen molar-refractivity contribution in [2.45, 2.75) is 39.8 Å². The number of amides is 1. The van der Waals surface area contributed by atoms with Gasteiger partial charge in [-0.3, -0.25) is 4.79 Å². The summed E-state index contributed by atoms with van der Waals surface area (Å²) in [6.45, 7) is 3.20. The van der Waals surface area contributed by atoms with E-state index in [1.54, 1.807) is 18.2 Å². The molecule has 0 N–H and O–H groups in total. The maximum atomic E-state index is 13.5. The molecule has 0 aliphatic carbocycles. The molecule has 0 aliphatic rings. The molecule has 3 aromatic carbocycles. The first kappa shape index (κ1) is 25.8. The lowest BCUT2D eigenvalue weighted by molar-refractivity contribution is -0.145. The number of alkyl halides is 3. The Labute approximate surface area is 202 Å². The molecule has 0 unspecified atom stereocenters. The van der Waals surface area contributed by atoms with Crippen molar-refractivity contribution in [1.29, 1.82) is 0 Å². The Kier molecular flexibility index (Phi) is 8.52. The minimum Gasteiger partial charge on any atom is -0.461 e. The third-order valence-corrected chi connectivity index (χ3v) is 5.38. The topological polar surface area (TPSA) is 55.8 Å². The molecule has 0 saturated heterocycles. The predicted molar refractivity (Wildman–Crippen MR) is 125 cm³/mol. The zero-order valence-corrected chi connectivity index (χ0v) is 19.5. The number of hydrogen-bond donors (Lipinski definition) is 0. The van der Waals surface area contributed by atoms with Crippen molar-refractivity contribution >= 4 is 12.1 Å². The zero-order valence-electron chi connectivity index (χ0n) is 19.5. The predicted octanol–water partition coefficient (Wildman–Crippen LogP) is 6.59. The van der Waals surface area contributed by atoms with Crippen molar-refractivity contribution in [2.75, 3.05) is 6.54 Å². The van der Waals surface area contributed by atoms with Crippen LogP contribution in [0.15, 0.2) is 72.8 Å². The SMILES string of the molecule is CCN(Cc1ccccc1-c1ccc(C(F)(F)F)c(COC(C)=O)c1)C(=O)OCc1ccccc1. The molecule has 35 heavy (non-hydrogen) atoms. The van der Waals surface area contributed by atoms with Crippen LogP contribution in [-0.4, -0.2) is 23.5 Å². The average molecular weight is 486 g/mol. The number of hydrogen-bond acceptors (Lipinski definition) is 4. The maximum absolute atomic E-state index is 13.5. The second kappa shape index (κ2) is 11.6. The van der Waals surface area contributed by atoms with Crippen LogP contribution in [0.4, 0.5) is 18.0 Å². The number of carbonyl (C=O) groups excluding carboxylic acids is 2. The number of rotatable bonds is 8. The van der Waals surface area contributed by atoms with Gasteiger partial charge in [-0.05, 0) is 41.3 Å². The van der Waals surface area contributed by atoms with Gasteiger partial charge in [-0.25, -0.2) is 4.79 Å². The number of ether oxygens (including phenoxy) is 2. The second-order valence-corrected chi connectivity index (χ2v) is 7.86. The van der Waals surface area contributed by atoms with Gasteiger partial charge in [0.2, 0.25) is 0 Å². The monoisotopic (exact) mass is 485 g/mol. The fourth-order valence-electron chi connectivity index (χ4n) is 3.60. The van der Waals surface area contributed by atoms with Gasteiger partial charge in [-0.1, -0.05) is 60.7 Å². The molecule has 0 bridgehead atoms. The number of nitrogens with zero attached hydrogens (tertiary/aromatic N) is 1. The van der Waals surface area contributed by atoms with Crippen LogP contribution in [0, 0.1) is 0 Å². The van der Waals surface area contributed by atoms with Gasteiger partial charge < -0.3 is 14.4 Å². The summed E-state index contributed by atoms with van der Waals surface area (Å²) < 4.78 is 50.8. The van der Waals surface area contributed by atoms with Gasteiger partial charge in [0.25, 0.3) is 0 Å². The molecule has 0 saturated carbocycles. The lowest BCUT2D eigenvalue weighted by Gasteiger charge is -2.22. The molecule has 3 aromatic rings. The molecule has 8 heteroatoms. The first-order valence-corrected chi connectivity index (χ1v) is 11.1. The van der Waals surface area contributed by atoms with Crippen LogP contribution >= 0.6 is 0 Å². The highest BCUT2D eigenvalue weighted by Crippen LogP contribution is 2.35. The van der Waals surface area contributed by atoms with Crippen molar-refractivity contribution in [3.8, 4) is 11.1 Å². The number of carbonyl (C=O) groups is 2. The van der Waals surface area contributed by atoms with E-state index in [2.05, 4.69) is 0 Å². The summed E-state index contributed by atoms with van der Waals surface area (Å²) in [6, 6.07) is 20.2. The first-order chi connectivity index (χ1) is 16.7. The number of benzene rings is 3. The molecule has 0 atom stereocenters. The Hall–Kier alpha value is -3.81. The molecular weight excluding hydrogens is 459 g/mol. The average Bonchev–Trinajstić information content (AvgIpc) is 2.84. The van der Waals surface area contributed by atoms with Gasteiger partial charge in [0, 0.05) is 25.6 Å². The van der Waals surface area contributed by atoms with Gasteiger partial charge in [0.15, 0.2) is 0 Å². The van der Waals surface area contributed by atoms with Crippen molar-refractivity contribution in [3.63, 3.8) is 0 Å². The molecule has 5 nitrogen and oxygen atoms in total. The van der Waals surface area contributed by atoms with Crippen molar-refractivity contribution < 1.29 is 32.2 Å². The summed E-state index contributed by atoms with van der Waals surface area (Å²) in [5.41, 5.74) is 1.78. The summed E-state index contributed by atoms with van der Waals surface area (Å²) in [5.74, 6) is -0.670. The Morgan fingerprint density at radius 3 is 2.20 bits per heavy atom. The third kappa shape index (κ3) is 7.09. The molecule has 184 valence electrons. The zero-order chi connectivity index (χ0) is 25.4. The summed E-state index contributed by atoms with van der Waals surface area (Å²) >= 11 is 0. The van der Waals surface area contributed by atoms with Gasteiger partial charge >= 0.3 is 18.2 Å². The highest BCUT2D eigenvalue weighted by Gasteiger charge is 2.33. The minimum atomic E-state index is -4.59. The van der Waals surface area contributed by atoms with Crippen molar-refractivity contribution in [1.82, 2.24) is 4.90 Å². The summed E-state index contributed by atoms with van der Waals surface area (Å²) in [7, 11) is 0. The quantitative estimate of drug-likeness (QED) is 0.338. The Morgan fingerprint density at radius 1 is 0.857 bits per heavy atom. The lowest BCUT2D eigenvalue weighted by atomic mass is 9.95. The summed E-state index contributed by atoms with van der Waals surface area (Å²) in [6.07, 6.45) is -5.08. The standard InChI is InChI=1S/C27H26F3NO4/c1-3-31(26(33)35-17-20-9-5-4-6-10-20)16-22-11-7-8-12-24(22)21-13-14-25(27(28,29)30)23(15-21)18-34-19(2)32/h4-15H,3,16-18H2,1-2H3. The van der Waals surface area contributed by atoms with Crippen LogP contribution in [0.5, 0.6) is 0 Å². The molecule has 0 radical (unpaired) electrons. The van der Waals surface area contributed by atoms with E-state index in [0.717, 1.165) is 24.1 Å². The fourth-order valence-corrected chi connectivity index (χ4v) is 3.60. The summed E-state index contributed by atoms with van der Waals surface area (Å²) in [5, 5.41) is 0. The van der Waals surface area contributed by atoms with Crippen LogP contribution < -0.4 is 0 Å². The molecule has 0 fully saturated rings. The van der Waals surface area contributed by atoms with E-state index >= 15 is 0 Å². The van der Waals surface area contributed by atoms with E-state index in [4.69, 9.17) is 9.47 Å². The van der Waals surface area contributed by atoms with E-state index in [1.165, 1.54) is 17.0 Å². The highest BCUT2D eigenvalue weighted by atomic mass is 19.4. The molecule has 0 spiro atoms. The molecule has 0 aromatic heterocycles. The van der Waals surface area contributed by atoms with Gasteiger partial charge in [0.1, 0.15) is 13.2 Å². The Morgan fingerprint density at radius 2 is 1.54 bits per heavy atom. The molecule has 3 rings (SSSR count). The Balaban J connectivity index is 1.85. The number of esters is 1. The van der Waals surface area contributed by atoms with Gasteiger partial charge in [-0.15, -0.1) is 0 Å². The smallest absolute Gasteiger partial charge is 0.416 e. The fraction of sp³-hybridized carbons (Fsp3) is 0.259. The van der Waals surface area contributed by atoms with Crippen molar-refractivity contribution in [2.24, 2.45) is 0 Å². The Bertz CT molecular complexity index is 1160. The first-order valence-electron chi connectivity index (χ1n) is 11.1. The van der Waals surface area contributed by atoms with E-state index in [-0.39, 0.29) is 18.7 Å². The third-order valence-electron chi connectivity index (χ3n) is 5.38. The molecular formula is C27H26F3NO4. The lowest BCUT2D eigenvalue weighted by Crippen LogP contribution is -2.31. The maximum Gasteiger partial charge on any atom is 0.416 e. The molecule has 0 heterocycles. The second-order valence-electron chi connectivity index (χ2n) is 7.86. The van der Waals surface area contributed by atoms with Crippen LogP contribution in [0.25, 0.3) is 11.1 Å². The van der Waals surface area contributed by atoms with E-state index < -0.39 is 30.4 Å². The van der Waals surface area contributed by atoms with Crippen LogP contribution in [-0.2, 0) is 40.2 Å². The van der Waals surface area contributed by atoms with Crippen LogP contribution in [0.2, 0.25) is 0 Å². The van der Waals surface area contributed by atoms with E-state index in [1.807, 2.05) is 43.3 Å². The van der Waals surface area contributed by atoms with E-state index in [0.29, 0.717) is 17.7 Å². The van der Waals surface area contributed by atoms with Crippen molar-refractivity contribution in [3.05, 3.63) is 95.1 Å². The minimum absolute atomic E-state index is 0.135. The largest absolute Gasteiger partial charge is 0.461 e. The van der Waals surface area contributed by atoms with E-state index in [9.17, 15) is 22.8 Å². The van der Waals surface area contributed by atoms with Crippen LogP contribution in [0.3, 0.4) is 0 Å². The highest BCUT2D eigenvalue weighted by molar-refractivity contribution is 5.71. The summed E-state index contributed by atoms with van der Waals surface area (Å²) in [4.78, 5) is 25.4. The molecule has 0 aliphatic heterocycles. The molecule has 1 amide bonds.